The Morgan fingerprint density at radius 1 is 1.27 bits per heavy atom. The van der Waals surface area contributed by atoms with E-state index in [1.807, 2.05) is 19.2 Å². The fourth-order valence-corrected chi connectivity index (χ4v) is 2.73. The van der Waals surface area contributed by atoms with E-state index < -0.39 is 0 Å². The molecule has 1 aliphatic rings. The first-order valence-electron chi connectivity index (χ1n) is 5.33. The van der Waals surface area contributed by atoms with Crippen LogP contribution in [-0.4, -0.2) is 13.6 Å². The van der Waals surface area contributed by atoms with E-state index in [-0.39, 0.29) is 5.41 Å². The van der Waals surface area contributed by atoms with Crippen molar-refractivity contribution in [2.75, 3.05) is 13.6 Å². The average Bonchev–Trinajstić information content (AvgIpc) is 2.69. The number of rotatable bonds is 3. The summed E-state index contributed by atoms with van der Waals surface area (Å²) in [5, 5.41) is 4.16. The Hall–Kier alpha value is -0.790. The quantitative estimate of drug-likeness (QED) is 0.774. The molecule has 0 heterocycles. The van der Waals surface area contributed by atoms with Crippen LogP contribution in [0.15, 0.2) is 36.4 Å². The number of hydrogen-bond donors (Lipinski definition) is 1. The monoisotopic (exact) mass is 221 g/mol. The average molecular weight is 222 g/mol. The van der Waals surface area contributed by atoms with Gasteiger partial charge in [0.2, 0.25) is 0 Å². The molecule has 0 saturated heterocycles. The standard InChI is InChI=1S/C13H16ClN/c1-15-10-13(8-4-5-9-13)11-6-2-3-7-12(11)14/h2-7,15H,8-10H2,1H3. The SMILES string of the molecule is CNCC1(c2ccccc2Cl)CC=CC1. The lowest BCUT2D eigenvalue weighted by atomic mass is 9.78. The highest BCUT2D eigenvalue weighted by molar-refractivity contribution is 6.31. The van der Waals surface area contributed by atoms with Crippen molar-refractivity contribution in [2.24, 2.45) is 0 Å². The number of allylic oxidation sites excluding steroid dienone is 2. The minimum absolute atomic E-state index is 0.174. The molecule has 0 aliphatic heterocycles. The maximum absolute atomic E-state index is 6.27. The van der Waals surface area contributed by atoms with Gasteiger partial charge in [-0.05, 0) is 31.5 Å². The van der Waals surface area contributed by atoms with Crippen LogP contribution in [0.5, 0.6) is 0 Å². The highest BCUT2D eigenvalue weighted by Crippen LogP contribution is 2.39. The molecule has 0 saturated carbocycles. The maximum atomic E-state index is 6.27. The molecule has 0 bridgehead atoms. The van der Waals surface area contributed by atoms with Gasteiger partial charge in [0.05, 0.1) is 0 Å². The smallest absolute Gasteiger partial charge is 0.0444 e. The van der Waals surface area contributed by atoms with Gasteiger partial charge in [-0.25, -0.2) is 0 Å². The molecule has 1 aromatic rings. The summed E-state index contributed by atoms with van der Waals surface area (Å²) in [6, 6.07) is 8.18. The summed E-state index contributed by atoms with van der Waals surface area (Å²) in [4.78, 5) is 0. The summed E-state index contributed by atoms with van der Waals surface area (Å²) < 4.78 is 0. The second-order valence-electron chi connectivity index (χ2n) is 4.17. The van der Waals surface area contributed by atoms with Crippen LogP contribution in [0.2, 0.25) is 5.02 Å². The first kappa shape index (κ1) is 10.7. The highest BCUT2D eigenvalue weighted by atomic mass is 35.5. The minimum Gasteiger partial charge on any atom is -0.319 e. The second-order valence-corrected chi connectivity index (χ2v) is 4.58. The number of likely N-dealkylation sites (N-methyl/N-ethyl adjacent to an activating group) is 1. The summed E-state index contributed by atoms with van der Waals surface area (Å²) >= 11 is 6.27. The molecule has 2 rings (SSSR count). The van der Waals surface area contributed by atoms with Gasteiger partial charge in [0.15, 0.2) is 0 Å². The van der Waals surface area contributed by atoms with Crippen molar-refractivity contribution in [3.05, 3.63) is 47.0 Å². The lowest BCUT2D eigenvalue weighted by Gasteiger charge is -2.30. The molecule has 0 aromatic heterocycles. The molecule has 0 amide bonds. The fraction of sp³-hybridized carbons (Fsp3) is 0.385. The molecule has 0 radical (unpaired) electrons. The van der Waals surface area contributed by atoms with Gasteiger partial charge in [-0.2, -0.15) is 0 Å². The summed E-state index contributed by atoms with van der Waals surface area (Å²) in [5.41, 5.74) is 1.44. The molecule has 0 unspecified atom stereocenters. The van der Waals surface area contributed by atoms with E-state index in [1.165, 1.54) is 5.56 Å². The molecule has 0 atom stereocenters. The van der Waals surface area contributed by atoms with Crippen molar-refractivity contribution in [3.63, 3.8) is 0 Å². The van der Waals surface area contributed by atoms with E-state index in [2.05, 4.69) is 29.6 Å². The number of nitrogens with one attached hydrogen (secondary N) is 1. The van der Waals surface area contributed by atoms with Crippen molar-refractivity contribution in [1.82, 2.24) is 5.32 Å². The van der Waals surface area contributed by atoms with E-state index >= 15 is 0 Å². The van der Waals surface area contributed by atoms with Crippen LogP contribution in [0.25, 0.3) is 0 Å². The third kappa shape index (κ3) is 1.95. The van der Waals surface area contributed by atoms with E-state index in [4.69, 9.17) is 11.6 Å². The molecular formula is C13H16ClN. The zero-order valence-corrected chi connectivity index (χ0v) is 9.72. The number of benzene rings is 1. The Bertz CT molecular complexity index is 363. The van der Waals surface area contributed by atoms with Gasteiger partial charge in [0.25, 0.3) is 0 Å². The zero-order valence-electron chi connectivity index (χ0n) is 8.96. The Balaban J connectivity index is 2.37. The topological polar surface area (TPSA) is 12.0 Å². The maximum Gasteiger partial charge on any atom is 0.0444 e. The fourth-order valence-electron chi connectivity index (χ4n) is 2.39. The number of hydrogen-bond acceptors (Lipinski definition) is 1. The van der Waals surface area contributed by atoms with Gasteiger partial charge in [-0.1, -0.05) is 42.0 Å². The van der Waals surface area contributed by atoms with Crippen LogP contribution in [0, 0.1) is 0 Å². The predicted molar refractivity (Wildman–Crippen MR) is 65.4 cm³/mol. The Morgan fingerprint density at radius 3 is 2.53 bits per heavy atom. The zero-order chi connectivity index (χ0) is 10.7. The summed E-state index contributed by atoms with van der Waals surface area (Å²) in [7, 11) is 2.00. The van der Waals surface area contributed by atoms with Gasteiger partial charge in [0, 0.05) is 17.0 Å². The molecule has 0 fully saturated rings. The van der Waals surface area contributed by atoms with Crippen LogP contribution >= 0.6 is 11.6 Å². The largest absolute Gasteiger partial charge is 0.319 e. The Morgan fingerprint density at radius 2 is 1.93 bits per heavy atom. The van der Waals surface area contributed by atoms with Crippen molar-refractivity contribution in [3.8, 4) is 0 Å². The normalized spacial score (nSPS) is 18.3. The van der Waals surface area contributed by atoms with Crippen LogP contribution in [0.4, 0.5) is 0 Å². The summed E-state index contributed by atoms with van der Waals surface area (Å²) in [6.45, 7) is 0.976. The first-order valence-corrected chi connectivity index (χ1v) is 5.71. The van der Waals surface area contributed by atoms with E-state index in [9.17, 15) is 0 Å². The molecule has 2 heteroatoms. The minimum atomic E-state index is 0.174. The van der Waals surface area contributed by atoms with Crippen molar-refractivity contribution >= 4 is 11.6 Å². The van der Waals surface area contributed by atoms with Crippen LogP contribution in [0.1, 0.15) is 18.4 Å². The first-order chi connectivity index (χ1) is 7.28. The van der Waals surface area contributed by atoms with Crippen LogP contribution < -0.4 is 5.32 Å². The molecule has 80 valence electrons. The lowest BCUT2D eigenvalue weighted by molar-refractivity contribution is 0.436. The molecule has 1 nitrogen and oxygen atoms in total. The highest BCUT2D eigenvalue weighted by Gasteiger charge is 2.33. The van der Waals surface area contributed by atoms with E-state index in [0.29, 0.717) is 0 Å². The predicted octanol–water partition coefficient (Wildman–Crippen LogP) is 3.15. The second kappa shape index (κ2) is 4.38. The van der Waals surface area contributed by atoms with E-state index in [0.717, 1.165) is 24.4 Å². The summed E-state index contributed by atoms with van der Waals surface area (Å²) in [6.07, 6.45) is 6.66. The molecule has 15 heavy (non-hydrogen) atoms. The third-order valence-electron chi connectivity index (χ3n) is 3.14. The van der Waals surface area contributed by atoms with Gasteiger partial charge < -0.3 is 5.32 Å². The van der Waals surface area contributed by atoms with Crippen molar-refractivity contribution < 1.29 is 0 Å². The molecular weight excluding hydrogens is 206 g/mol. The van der Waals surface area contributed by atoms with Crippen molar-refractivity contribution in [1.29, 1.82) is 0 Å². The molecule has 1 aromatic carbocycles. The Kier molecular flexibility index (Phi) is 3.13. The molecule has 1 N–H and O–H groups in total. The van der Waals surface area contributed by atoms with Crippen LogP contribution in [-0.2, 0) is 5.41 Å². The summed E-state index contributed by atoms with van der Waals surface area (Å²) in [5.74, 6) is 0. The Labute approximate surface area is 96.1 Å². The van der Waals surface area contributed by atoms with Gasteiger partial charge in [-0.3, -0.25) is 0 Å². The van der Waals surface area contributed by atoms with Crippen LogP contribution in [0.3, 0.4) is 0 Å². The molecule has 1 aliphatic carbocycles. The van der Waals surface area contributed by atoms with Gasteiger partial charge in [0.1, 0.15) is 0 Å². The van der Waals surface area contributed by atoms with Gasteiger partial charge >= 0.3 is 0 Å². The third-order valence-corrected chi connectivity index (χ3v) is 3.47. The molecule has 0 spiro atoms. The van der Waals surface area contributed by atoms with Crippen molar-refractivity contribution in [2.45, 2.75) is 18.3 Å². The number of halogens is 1. The van der Waals surface area contributed by atoms with E-state index in [1.54, 1.807) is 0 Å². The van der Waals surface area contributed by atoms with Gasteiger partial charge in [-0.15, -0.1) is 0 Å². The lowest BCUT2D eigenvalue weighted by Crippen LogP contribution is -2.34.